The number of rotatable bonds is 6. The van der Waals surface area contributed by atoms with Crippen LogP contribution in [0, 0.1) is 0 Å². The van der Waals surface area contributed by atoms with Crippen molar-refractivity contribution in [1.82, 2.24) is 19.9 Å². The van der Waals surface area contributed by atoms with E-state index in [9.17, 15) is 0 Å². The highest BCUT2D eigenvalue weighted by Crippen LogP contribution is 2.30. The third-order valence-corrected chi connectivity index (χ3v) is 4.18. The van der Waals surface area contributed by atoms with Gasteiger partial charge in [-0.1, -0.05) is 0 Å². The fraction of sp³-hybridized carbons (Fsp3) is 0.0476. The largest absolute Gasteiger partial charge is 0.412 e. The Kier molecular flexibility index (Phi) is 6.22. The molecule has 0 bridgehead atoms. The van der Waals surface area contributed by atoms with Crippen molar-refractivity contribution in [3.63, 3.8) is 0 Å². The number of hydrogen-bond acceptors (Lipinski definition) is 6. The lowest BCUT2D eigenvalue weighted by atomic mass is 10.2. The van der Waals surface area contributed by atoms with E-state index in [1.54, 1.807) is 49.6 Å². The maximum atomic E-state index is 4.15. The molecule has 0 radical (unpaired) electrons. The average molecular weight is 372 g/mol. The van der Waals surface area contributed by atoms with Crippen molar-refractivity contribution in [2.24, 2.45) is 0 Å². The second-order valence-corrected chi connectivity index (χ2v) is 5.82. The molecule has 0 aliphatic carbocycles. The van der Waals surface area contributed by atoms with Crippen molar-refractivity contribution in [2.75, 3.05) is 16.5 Å². The first-order chi connectivity index (χ1) is 13.4. The highest BCUT2D eigenvalue weighted by Gasteiger charge is 2.16. The van der Waals surface area contributed by atoms with Crippen molar-refractivity contribution in [3.05, 3.63) is 98.1 Å². The van der Waals surface area contributed by atoms with Crippen LogP contribution in [0.2, 0.25) is 0 Å². The van der Waals surface area contributed by atoms with Crippen LogP contribution >= 0.6 is 0 Å². The van der Waals surface area contributed by atoms with E-state index in [1.165, 1.54) is 0 Å². The molecule has 0 spiro atoms. The molecule has 0 saturated heterocycles. The van der Waals surface area contributed by atoms with Gasteiger partial charge in [0.1, 0.15) is 0 Å². The minimum absolute atomic E-state index is 0. The van der Waals surface area contributed by atoms with Crippen LogP contribution in [0.25, 0.3) is 0 Å². The molecule has 0 saturated carbocycles. The first-order valence-corrected chi connectivity index (χ1v) is 8.57. The molecule has 28 heavy (non-hydrogen) atoms. The van der Waals surface area contributed by atoms with Gasteiger partial charge in [-0.15, -0.1) is 0 Å². The summed E-state index contributed by atoms with van der Waals surface area (Å²) in [7, 11) is 0. The van der Waals surface area contributed by atoms with Gasteiger partial charge in [0.15, 0.2) is 0 Å². The Morgan fingerprint density at radius 1 is 0.429 bits per heavy atom. The van der Waals surface area contributed by atoms with Crippen LogP contribution < -0.4 is 9.80 Å². The summed E-state index contributed by atoms with van der Waals surface area (Å²) >= 11 is 0. The standard InChI is InChI=1S/C21H18N6.H2O/c1-9-22-10-2-18(1)26(19-3-11-23-12-4-19)17-27(20-5-13-24-14-6-20)21-7-15-25-16-8-21;/h1-16H,17H2;1H2. The van der Waals surface area contributed by atoms with Crippen LogP contribution in [0.3, 0.4) is 0 Å². The maximum absolute atomic E-state index is 4.15. The third-order valence-electron chi connectivity index (χ3n) is 4.18. The average Bonchev–Trinajstić information content (AvgIpc) is 2.77. The predicted molar refractivity (Wildman–Crippen MR) is 110 cm³/mol. The quantitative estimate of drug-likeness (QED) is 0.482. The van der Waals surface area contributed by atoms with E-state index in [2.05, 4.69) is 29.7 Å². The van der Waals surface area contributed by atoms with Crippen LogP contribution in [0.1, 0.15) is 0 Å². The maximum Gasteiger partial charge on any atom is 0.1000 e. The molecule has 2 N–H and O–H groups in total. The zero-order valence-corrected chi connectivity index (χ0v) is 15.1. The molecule has 0 fully saturated rings. The second-order valence-electron chi connectivity index (χ2n) is 5.82. The number of pyridine rings is 4. The zero-order chi connectivity index (χ0) is 18.3. The normalized spacial score (nSPS) is 10.0. The van der Waals surface area contributed by atoms with Crippen molar-refractivity contribution in [3.8, 4) is 0 Å². The fourth-order valence-corrected chi connectivity index (χ4v) is 2.86. The summed E-state index contributed by atoms with van der Waals surface area (Å²) in [4.78, 5) is 21.0. The molecule has 4 rings (SSSR count). The predicted octanol–water partition coefficient (Wildman–Crippen LogP) is 3.38. The van der Waals surface area contributed by atoms with Gasteiger partial charge in [0, 0.05) is 72.3 Å². The SMILES string of the molecule is O.c1cc(N(CN(c2ccncc2)c2ccncc2)c2ccncc2)ccn1. The van der Waals surface area contributed by atoms with Crippen molar-refractivity contribution in [2.45, 2.75) is 0 Å². The van der Waals surface area contributed by atoms with E-state index >= 15 is 0 Å². The second kappa shape index (κ2) is 9.20. The molecular weight excluding hydrogens is 352 g/mol. The van der Waals surface area contributed by atoms with Gasteiger partial charge in [-0.2, -0.15) is 0 Å². The molecule has 0 unspecified atom stereocenters. The van der Waals surface area contributed by atoms with E-state index < -0.39 is 0 Å². The summed E-state index contributed by atoms with van der Waals surface area (Å²) in [5.41, 5.74) is 4.18. The number of hydrogen-bond donors (Lipinski definition) is 0. The molecule has 0 aromatic carbocycles. The fourth-order valence-electron chi connectivity index (χ4n) is 2.86. The van der Waals surface area contributed by atoms with Gasteiger partial charge < -0.3 is 15.3 Å². The summed E-state index contributed by atoms with van der Waals surface area (Å²) in [5.74, 6) is 0. The van der Waals surface area contributed by atoms with Gasteiger partial charge in [-0.3, -0.25) is 19.9 Å². The minimum atomic E-state index is 0. The van der Waals surface area contributed by atoms with Crippen LogP contribution in [0.5, 0.6) is 0 Å². The summed E-state index contributed by atoms with van der Waals surface area (Å²) in [6.07, 6.45) is 14.4. The molecule has 4 aromatic heterocycles. The molecule has 0 aliphatic rings. The Morgan fingerprint density at radius 3 is 0.857 bits per heavy atom. The Balaban J connectivity index is 0.00000225. The molecule has 0 amide bonds. The number of aromatic nitrogens is 4. The van der Waals surface area contributed by atoms with E-state index in [0.29, 0.717) is 6.67 Å². The minimum Gasteiger partial charge on any atom is -0.412 e. The summed E-state index contributed by atoms with van der Waals surface area (Å²) in [6, 6.07) is 16.0. The highest BCUT2D eigenvalue weighted by molar-refractivity contribution is 5.68. The van der Waals surface area contributed by atoms with E-state index in [1.807, 2.05) is 48.5 Å². The van der Waals surface area contributed by atoms with Crippen LogP contribution in [-0.2, 0) is 0 Å². The first-order valence-electron chi connectivity index (χ1n) is 8.57. The molecule has 0 aliphatic heterocycles. The van der Waals surface area contributed by atoms with Gasteiger partial charge in [0.05, 0.1) is 6.67 Å². The Morgan fingerprint density at radius 2 is 0.643 bits per heavy atom. The lowest BCUT2D eigenvalue weighted by molar-refractivity contribution is 0.824. The Hall–Kier alpha value is -3.84. The molecule has 140 valence electrons. The molecule has 7 nitrogen and oxygen atoms in total. The van der Waals surface area contributed by atoms with Crippen molar-refractivity contribution < 1.29 is 5.48 Å². The smallest absolute Gasteiger partial charge is 0.1000 e. The summed E-state index contributed by atoms with van der Waals surface area (Å²) < 4.78 is 0. The van der Waals surface area contributed by atoms with Gasteiger partial charge in [0.2, 0.25) is 0 Å². The summed E-state index contributed by atoms with van der Waals surface area (Å²) in [6.45, 7) is 0.599. The molecule has 4 heterocycles. The molecular formula is C21H20N6O. The highest BCUT2D eigenvalue weighted by atomic mass is 16.0. The van der Waals surface area contributed by atoms with Gasteiger partial charge in [-0.25, -0.2) is 0 Å². The molecule has 7 heteroatoms. The molecule has 4 aromatic rings. The van der Waals surface area contributed by atoms with Gasteiger partial charge in [-0.05, 0) is 48.5 Å². The number of anilines is 4. The van der Waals surface area contributed by atoms with Crippen molar-refractivity contribution >= 4 is 22.7 Å². The Labute approximate surface area is 163 Å². The van der Waals surface area contributed by atoms with Crippen LogP contribution in [-0.4, -0.2) is 32.1 Å². The third kappa shape index (κ3) is 4.28. The van der Waals surface area contributed by atoms with Crippen LogP contribution in [0.4, 0.5) is 22.7 Å². The monoisotopic (exact) mass is 372 g/mol. The Bertz CT molecular complexity index is 795. The van der Waals surface area contributed by atoms with Gasteiger partial charge >= 0.3 is 0 Å². The zero-order valence-electron chi connectivity index (χ0n) is 15.1. The number of nitrogens with zero attached hydrogens (tertiary/aromatic N) is 6. The topological polar surface area (TPSA) is 89.5 Å². The first kappa shape index (κ1) is 18.9. The van der Waals surface area contributed by atoms with Crippen molar-refractivity contribution in [1.29, 1.82) is 0 Å². The molecule has 0 atom stereocenters. The van der Waals surface area contributed by atoms with E-state index in [-0.39, 0.29) is 5.48 Å². The van der Waals surface area contributed by atoms with E-state index in [0.717, 1.165) is 22.7 Å². The summed E-state index contributed by atoms with van der Waals surface area (Å²) in [5, 5.41) is 0. The lowest BCUT2D eigenvalue weighted by Gasteiger charge is -2.33. The van der Waals surface area contributed by atoms with Crippen LogP contribution in [0.15, 0.2) is 98.1 Å². The van der Waals surface area contributed by atoms with E-state index in [4.69, 9.17) is 0 Å². The lowest BCUT2D eigenvalue weighted by Crippen LogP contribution is -2.32. The van der Waals surface area contributed by atoms with Gasteiger partial charge in [0.25, 0.3) is 0 Å².